The van der Waals surface area contributed by atoms with Crippen molar-refractivity contribution in [2.45, 2.75) is 30.1 Å². The monoisotopic (exact) mass is 395 g/mol. The van der Waals surface area contributed by atoms with Crippen LogP contribution in [-0.4, -0.2) is 26.4 Å². The fourth-order valence-corrected chi connectivity index (χ4v) is 2.65. The van der Waals surface area contributed by atoms with Gasteiger partial charge in [0, 0.05) is 16.8 Å². The van der Waals surface area contributed by atoms with Gasteiger partial charge in [-0.05, 0) is 36.9 Å². The Balaban J connectivity index is 2.21. The number of rotatable bonds is 5. The molecule has 0 spiro atoms. The first kappa shape index (κ1) is 20.3. The number of nitrogens with one attached hydrogen (secondary N) is 1. The summed E-state index contributed by atoms with van der Waals surface area (Å²) in [5.74, 6) is -0.953. The quantitative estimate of drug-likeness (QED) is 0.594. The first-order valence-corrected chi connectivity index (χ1v) is 8.12. The highest BCUT2D eigenvalue weighted by Gasteiger charge is 2.35. The van der Waals surface area contributed by atoms with Gasteiger partial charge in [-0.1, -0.05) is 0 Å². The van der Waals surface area contributed by atoms with Crippen LogP contribution in [0.2, 0.25) is 0 Å². The average molecular weight is 395 g/mol. The highest BCUT2D eigenvalue weighted by Crippen LogP contribution is 2.38. The summed E-state index contributed by atoms with van der Waals surface area (Å²) in [6.07, 6.45) is -2.15. The van der Waals surface area contributed by atoms with E-state index >= 15 is 0 Å². The minimum Gasteiger partial charge on any atom is -0.378 e. The summed E-state index contributed by atoms with van der Waals surface area (Å²) in [4.78, 5) is 12.0. The summed E-state index contributed by atoms with van der Waals surface area (Å²) in [5, 5.41) is 35.3. The number of nitrogens with zero attached hydrogens (tertiary/aromatic N) is 4. The second-order valence-corrected chi connectivity index (χ2v) is 6.49. The van der Waals surface area contributed by atoms with Gasteiger partial charge in [-0.3, -0.25) is 9.48 Å². The van der Waals surface area contributed by atoms with Crippen molar-refractivity contribution in [1.29, 1.82) is 10.5 Å². The highest BCUT2D eigenvalue weighted by molar-refractivity contribution is 8.03. The molecule has 0 saturated carbocycles. The topological polar surface area (TPSA) is 115 Å². The minimum absolute atomic E-state index is 0.187. The number of halogens is 3. The summed E-state index contributed by atoms with van der Waals surface area (Å²) in [7, 11) is 0. The van der Waals surface area contributed by atoms with E-state index in [1.807, 2.05) is 6.07 Å². The molecule has 1 amide bonds. The van der Waals surface area contributed by atoms with Gasteiger partial charge >= 0.3 is 6.18 Å². The zero-order valence-electron chi connectivity index (χ0n) is 13.8. The number of carbonyl (C=O) groups is 1. The number of carbonyl (C=O) groups excluding carboxylic acids is 1. The zero-order chi connectivity index (χ0) is 20.2. The number of thioether (sulfide) groups is 1. The molecule has 140 valence electrons. The second-order valence-electron chi connectivity index (χ2n) is 5.67. The SMILES string of the molecule is C[C@](O)(Cn1cc(C#N)cn1)C(=O)Nc1ccc(SC#N)c(C(F)(F)F)c1. The van der Waals surface area contributed by atoms with Gasteiger partial charge in [0.1, 0.15) is 11.5 Å². The van der Waals surface area contributed by atoms with E-state index in [9.17, 15) is 23.1 Å². The molecule has 0 aliphatic carbocycles. The third-order valence-electron chi connectivity index (χ3n) is 3.42. The van der Waals surface area contributed by atoms with Crippen LogP contribution in [0, 0.1) is 22.0 Å². The van der Waals surface area contributed by atoms with Crippen molar-refractivity contribution >= 4 is 23.4 Å². The van der Waals surface area contributed by atoms with E-state index in [2.05, 4.69) is 10.4 Å². The maximum absolute atomic E-state index is 13.1. The number of hydrogen-bond acceptors (Lipinski definition) is 6. The van der Waals surface area contributed by atoms with Crippen LogP contribution in [0.25, 0.3) is 0 Å². The molecule has 27 heavy (non-hydrogen) atoms. The molecule has 0 aliphatic rings. The molecule has 0 aliphatic heterocycles. The number of aliphatic hydroxyl groups is 1. The molecule has 0 radical (unpaired) electrons. The summed E-state index contributed by atoms with van der Waals surface area (Å²) < 4.78 is 40.5. The smallest absolute Gasteiger partial charge is 0.378 e. The third kappa shape index (κ3) is 5.00. The summed E-state index contributed by atoms with van der Waals surface area (Å²) in [6.45, 7) is 0.857. The van der Waals surface area contributed by atoms with E-state index < -0.39 is 23.2 Å². The largest absolute Gasteiger partial charge is 0.417 e. The van der Waals surface area contributed by atoms with Crippen molar-refractivity contribution in [3.8, 4) is 11.5 Å². The van der Waals surface area contributed by atoms with Crippen LogP contribution in [0.15, 0.2) is 35.5 Å². The Morgan fingerprint density at radius 3 is 2.67 bits per heavy atom. The number of thiocyanates is 1. The average Bonchev–Trinajstić information content (AvgIpc) is 3.02. The van der Waals surface area contributed by atoms with Crippen LogP contribution in [0.3, 0.4) is 0 Å². The van der Waals surface area contributed by atoms with E-state index in [1.54, 1.807) is 5.40 Å². The highest BCUT2D eigenvalue weighted by atomic mass is 32.2. The van der Waals surface area contributed by atoms with Crippen molar-refractivity contribution in [3.63, 3.8) is 0 Å². The molecular weight excluding hydrogens is 383 g/mol. The van der Waals surface area contributed by atoms with Crippen LogP contribution in [0.5, 0.6) is 0 Å². The third-order valence-corrected chi connectivity index (χ3v) is 4.09. The molecule has 1 atom stereocenters. The van der Waals surface area contributed by atoms with E-state index in [0.717, 1.165) is 6.07 Å². The molecule has 1 aromatic heterocycles. The van der Waals surface area contributed by atoms with Gasteiger partial charge in [0.05, 0.1) is 23.9 Å². The molecule has 0 unspecified atom stereocenters. The van der Waals surface area contributed by atoms with Crippen LogP contribution in [0.1, 0.15) is 18.1 Å². The van der Waals surface area contributed by atoms with Crippen LogP contribution in [-0.2, 0) is 17.5 Å². The summed E-state index contributed by atoms with van der Waals surface area (Å²) in [5.41, 5.74) is -3.03. The lowest BCUT2D eigenvalue weighted by atomic mass is 10.1. The molecule has 2 rings (SSSR count). The minimum atomic E-state index is -4.72. The second kappa shape index (κ2) is 7.70. The number of alkyl halides is 3. The first-order chi connectivity index (χ1) is 12.6. The molecule has 1 heterocycles. The Labute approximate surface area is 156 Å². The van der Waals surface area contributed by atoms with Gasteiger partial charge in [0.25, 0.3) is 5.91 Å². The molecular formula is C16H12F3N5O2S. The van der Waals surface area contributed by atoms with Gasteiger partial charge in [-0.25, -0.2) is 0 Å². The van der Waals surface area contributed by atoms with E-state index in [0.29, 0.717) is 17.8 Å². The molecule has 2 N–H and O–H groups in total. The van der Waals surface area contributed by atoms with Crippen LogP contribution >= 0.6 is 11.8 Å². The predicted molar refractivity (Wildman–Crippen MR) is 89.1 cm³/mol. The summed E-state index contributed by atoms with van der Waals surface area (Å²) in [6, 6.07) is 4.79. The van der Waals surface area contributed by atoms with Crippen molar-refractivity contribution < 1.29 is 23.1 Å². The normalized spacial score (nSPS) is 13.3. The maximum atomic E-state index is 13.1. The van der Waals surface area contributed by atoms with E-state index in [4.69, 9.17) is 10.5 Å². The number of hydrogen-bond donors (Lipinski definition) is 2. The fraction of sp³-hybridized carbons (Fsp3) is 0.250. The molecule has 0 bridgehead atoms. The van der Waals surface area contributed by atoms with Crippen molar-refractivity contribution in [1.82, 2.24) is 9.78 Å². The van der Waals surface area contributed by atoms with Gasteiger partial charge in [-0.15, -0.1) is 0 Å². The van der Waals surface area contributed by atoms with Crippen LogP contribution < -0.4 is 5.32 Å². The Bertz CT molecular complexity index is 941. The van der Waals surface area contributed by atoms with Gasteiger partial charge in [0.15, 0.2) is 5.60 Å². The lowest BCUT2D eigenvalue weighted by Gasteiger charge is -2.22. The Hall–Kier alpha value is -3.02. The maximum Gasteiger partial charge on any atom is 0.417 e. The molecule has 1 aromatic carbocycles. The van der Waals surface area contributed by atoms with Gasteiger partial charge < -0.3 is 10.4 Å². The molecule has 7 nitrogen and oxygen atoms in total. The fourth-order valence-electron chi connectivity index (χ4n) is 2.13. The van der Waals surface area contributed by atoms with Gasteiger partial charge in [0.2, 0.25) is 0 Å². The number of nitriles is 2. The Morgan fingerprint density at radius 2 is 2.11 bits per heavy atom. The molecule has 0 fully saturated rings. The van der Waals surface area contributed by atoms with Crippen molar-refractivity contribution in [3.05, 3.63) is 41.7 Å². The summed E-state index contributed by atoms with van der Waals surface area (Å²) >= 11 is 0.354. The lowest BCUT2D eigenvalue weighted by molar-refractivity contribution is -0.139. The van der Waals surface area contributed by atoms with Gasteiger partial charge in [-0.2, -0.15) is 28.8 Å². The lowest BCUT2D eigenvalue weighted by Crippen LogP contribution is -2.43. The van der Waals surface area contributed by atoms with E-state index in [-0.39, 0.29) is 22.7 Å². The number of anilines is 1. The zero-order valence-corrected chi connectivity index (χ0v) is 14.6. The number of aromatic nitrogens is 2. The van der Waals surface area contributed by atoms with Crippen molar-refractivity contribution in [2.24, 2.45) is 0 Å². The van der Waals surface area contributed by atoms with Crippen LogP contribution in [0.4, 0.5) is 18.9 Å². The Kier molecular flexibility index (Phi) is 5.78. The van der Waals surface area contributed by atoms with Crippen molar-refractivity contribution in [2.75, 3.05) is 5.32 Å². The molecule has 0 saturated heterocycles. The number of benzene rings is 1. The predicted octanol–water partition coefficient (Wildman–Crippen LogP) is 2.74. The number of amides is 1. The molecule has 11 heteroatoms. The van der Waals surface area contributed by atoms with E-state index in [1.165, 1.54) is 30.1 Å². The standard InChI is InChI=1S/C16H12F3N5O2S/c1-15(26,8-24-7-10(5-20)6-22-24)14(25)23-11-2-3-13(27-9-21)12(4-11)16(17,18)19/h2-4,6-7,26H,8H2,1H3,(H,23,25)/t15-/m0/s1. The Morgan fingerprint density at radius 1 is 1.41 bits per heavy atom. The first-order valence-electron chi connectivity index (χ1n) is 7.30. The molecule has 2 aromatic rings.